The Kier molecular flexibility index (Phi) is 6.48. The average molecular weight is 449 g/mol. The molecule has 1 aromatic heterocycles. The van der Waals surface area contributed by atoms with Crippen LogP contribution in [0.25, 0.3) is 10.9 Å². The van der Waals surface area contributed by atoms with Crippen LogP contribution in [-0.4, -0.2) is 41.1 Å². The van der Waals surface area contributed by atoms with Gasteiger partial charge in [-0.1, -0.05) is 6.42 Å². The van der Waals surface area contributed by atoms with Crippen molar-refractivity contribution < 1.29 is 23.9 Å². The first-order chi connectivity index (χ1) is 16.0. The fraction of sp³-hybridized carbons (Fsp3) is 0.292. The monoisotopic (exact) mass is 449 g/mol. The molecule has 2 heterocycles. The maximum absolute atomic E-state index is 12.8. The molecule has 33 heavy (non-hydrogen) atoms. The summed E-state index contributed by atoms with van der Waals surface area (Å²) in [7, 11) is 1.51. The van der Waals surface area contributed by atoms with Gasteiger partial charge in [-0.25, -0.2) is 9.78 Å². The Hall–Kier alpha value is -4.01. The summed E-state index contributed by atoms with van der Waals surface area (Å²) < 4.78 is 11.8. The Bertz CT molecular complexity index is 1280. The molecular weight excluding hydrogens is 426 g/mol. The van der Waals surface area contributed by atoms with Crippen LogP contribution in [0.2, 0.25) is 0 Å². The Morgan fingerprint density at radius 1 is 1.03 bits per heavy atom. The molecule has 1 aliphatic heterocycles. The van der Waals surface area contributed by atoms with Crippen molar-refractivity contribution in [2.75, 3.05) is 13.7 Å². The molecule has 1 aliphatic rings. The summed E-state index contributed by atoms with van der Waals surface area (Å²) in [6.07, 6.45) is 3.65. The van der Waals surface area contributed by atoms with Gasteiger partial charge in [0, 0.05) is 18.5 Å². The third kappa shape index (κ3) is 4.92. The second-order valence-electron chi connectivity index (χ2n) is 7.71. The van der Waals surface area contributed by atoms with Crippen LogP contribution in [-0.2, 0) is 22.5 Å². The van der Waals surface area contributed by atoms with Gasteiger partial charge >= 0.3 is 5.97 Å². The maximum atomic E-state index is 12.8. The standard InChI is InChI=1S/C24H23N3O6/c1-32-17-9-6-15(7-10-17)22(29)26-21(28)14-33-24(31)16-8-11-18-19(13-16)25-20-5-3-2-4-12-27(20)23(18)30/h6-11,13H,2-5,12,14H2,1H3,(H,26,28,29). The number of hydrogen-bond donors (Lipinski definition) is 1. The minimum atomic E-state index is -0.758. The van der Waals surface area contributed by atoms with E-state index in [2.05, 4.69) is 10.3 Å². The molecule has 2 amide bonds. The van der Waals surface area contributed by atoms with E-state index in [1.54, 1.807) is 22.8 Å². The summed E-state index contributed by atoms with van der Waals surface area (Å²) in [6.45, 7) is 0.0182. The summed E-state index contributed by atoms with van der Waals surface area (Å²) in [4.78, 5) is 54.0. The number of nitrogens with one attached hydrogen (secondary N) is 1. The number of fused-ring (bicyclic) bond motifs is 2. The van der Waals surface area contributed by atoms with Crippen LogP contribution in [0.15, 0.2) is 47.3 Å². The van der Waals surface area contributed by atoms with Crippen molar-refractivity contribution in [2.45, 2.75) is 32.2 Å². The van der Waals surface area contributed by atoms with Gasteiger partial charge in [-0.3, -0.25) is 24.3 Å². The van der Waals surface area contributed by atoms with Crippen LogP contribution < -0.4 is 15.6 Å². The van der Waals surface area contributed by atoms with Crippen LogP contribution in [0.5, 0.6) is 5.75 Å². The lowest BCUT2D eigenvalue weighted by Gasteiger charge is -2.11. The highest BCUT2D eigenvalue weighted by molar-refractivity contribution is 6.05. The van der Waals surface area contributed by atoms with E-state index in [-0.39, 0.29) is 16.7 Å². The lowest BCUT2D eigenvalue weighted by Crippen LogP contribution is -2.34. The summed E-state index contributed by atoms with van der Waals surface area (Å²) in [6, 6.07) is 10.7. The fourth-order valence-corrected chi connectivity index (χ4v) is 3.74. The number of aromatic nitrogens is 2. The van der Waals surface area contributed by atoms with E-state index in [1.807, 2.05) is 0 Å². The van der Waals surface area contributed by atoms with E-state index < -0.39 is 24.4 Å². The molecule has 2 aromatic carbocycles. The third-order valence-electron chi connectivity index (χ3n) is 5.49. The number of carbonyl (C=O) groups excluding carboxylic acids is 3. The van der Waals surface area contributed by atoms with E-state index in [0.29, 0.717) is 35.4 Å². The van der Waals surface area contributed by atoms with E-state index in [9.17, 15) is 19.2 Å². The zero-order chi connectivity index (χ0) is 23.4. The predicted octanol–water partition coefficient (Wildman–Crippen LogP) is 2.24. The number of amides is 2. The molecule has 3 aromatic rings. The number of imide groups is 1. The quantitative estimate of drug-likeness (QED) is 0.594. The van der Waals surface area contributed by atoms with Crippen molar-refractivity contribution in [1.29, 1.82) is 0 Å². The molecule has 4 rings (SSSR count). The molecule has 1 N–H and O–H groups in total. The Morgan fingerprint density at radius 3 is 2.55 bits per heavy atom. The van der Waals surface area contributed by atoms with Crippen LogP contribution in [0.3, 0.4) is 0 Å². The predicted molar refractivity (Wildman–Crippen MR) is 119 cm³/mol. The highest BCUT2D eigenvalue weighted by Gasteiger charge is 2.17. The van der Waals surface area contributed by atoms with Crippen LogP contribution in [0, 0.1) is 0 Å². The molecule has 0 atom stereocenters. The average Bonchev–Trinajstić information content (AvgIpc) is 3.08. The van der Waals surface area contributed by atoms with E-state index in [1.165, 1.54) is 31.4 Å². The van der Waals surface area contributed by atoms with Crippen molar-refractivity contribution in [3.8, 4) is 5.75 Å². The minimum Gasteiger partial charge on any atom is -0.497 e. The number of ether oxygens (including phenoxy) is 2. The second kappa shape index (κ2) is 9.64. The Labute approximate surface area is 189 Å². The van der Waals surface area contributed by atoms with Gasteiger partial charge in [0.2, 0.25) is 0 Å². The zero-order valence-electron chi connectivity index (χ0n) is 18.1. The number of esters is 1. The molecule has 0 saturated heterocycles. The van der Waals surface area contributed by atoms with E-state index in [4.69, 9.17) is 9.47 Å². The highest BCUT2D eigenvalue weighted by Crippen LogP contribution is 2.17. The maximum Gasteiger partial charge on any atom is 0.338 e. The second-order valence-corrected chi connectivity index (χ2v) is 7.71. The minimum absolute atomic E-state index is 0.117. The van der Waals surface area contributed by atoms with Crippen molar-refractivity contribution in [3.63, 3.8) is 0 Å². The SMILES string of the molecule is COc1ccc(C(=O)NC(=O)COC(=O)c2ccc3c(=O)n4c(nc3c2)CCCCC4)cc1. The molecule has 0 unspecified atom stereocenters. The Morgan fingerprint density at radius 2 is 1.79 bits per heavy atom. The number of rotatable bonds is 5. The normalized spacial score (nSPS) is 13.0. The number of nitrogens with zero attached hydrogens (tertiary/aromatic N) is 2. The van der Waals surface area contributed by atoms with E-state index in [0.717, 1.165) is 19.3 Å². The van der Waals surface area contributed by atoms with Gasteiger partial charge in [-0.15, -0.1) is 0 Å². The first-order valence-corrected chi connectivity index (χ1v) is 10.6. The molecule has 0 fully saturated rings. The van der Waals surface area contributed by atoms with Crippen molar-refractivity contribution in [1.82, 2.24) is 14.9 Å². The highest BCUT2D eigenvalue weighted by atomic mass is 16.5. The number of carbonyl (C=O) groups is 3. The molecule has 0 bridgehead atoms. The summed E-state index contributed by atoms with van der Waals surface area (Å²) in [5, 5.41) is 2.60. The van der Waals surface area contributed by atoms with E-state index >= 15 is 0 Å². The van der Waals surface area contributed by atoms with Gasteiger partial charge in [0.15, 0.2) is 6.61 Å². The zero-order valence-corrected chi connectivity index (χ0v) is 18.1. The molecule has 9 heteroatoms. The number of benzene rings is 2. The molecule has 0 radical (unpaired) electrons. The van der Waals surface area contributed by atoms with Crippen LogP contribution in [0.1, 0.15) is 45.8 Å². The number of hydrogen-bond acceptors (Lipinski definition) is 7. The summed E-state index contributed by atoms with van der Waals surface area (Å²) in [5.41, 5.74) is 0.735. The smallest absolute Gasteiger partial charge is 0.338 e. The molecule has 0 spiro atoms. The van der Waals surface area contributed by atoms with Crippen molar-refractivity contribution in [3.05, 3.63) is 69.8 Å². The molecule has 9 nitrogen and oxygen atoms in total. The van der Waals surface area contributed by atoms with Gasteiger partial charge in [-0.05, 0) is 55.3 Å². The summed E-state index contributed by atoms with van der Waals surface area (Å²) >= 11 is 0. The number of methoxy groups -OCH3 is 1. The molecule has 170 valence electrons. The first kappa shape index (κ1) is 22.2. The molecule has 0 saturated carbocycles. The fourth-order valence-electron chi connectivity index (χ4n) is 3.74. The first-order valence-electron chi connectivity index (χ1n) is 10.6. The Balaban J connectivity index is 1.41. The van der Waals surface area contributed by atoms with Gasteiger partial charge in [0.1, 0.15) is 11.6 Å². The largest absolute Gasteiger partial charge is 0.497 e. The van der Waals surface area contributed by atoms with Gasteiger partial charge in [0.05, 0.1) is 23.6 Å². The lowest BCUT2D eigenvalue weighted by molar-refractivity contribution is -0.123. The number of aryl methyl sites for hydroxylation is 1. The van der Waals surface area contributed by atoms with Crippen LogP contribution >= 0.6 is 0 Å². The molecule has 0 aliphatic carbocycles. The third-order valence-corrected chi connectivity index (χ3v) is 5.49. The molecular formula is C24H23N3O6. The summed E-state index contributed by atoms with van der Waals surface area (Å²) in [5.74, 6) is -0.829. The lowest BCUT2D eigenvalue weighted by atomic mass is 10.1. The van der Waals surface area contributed by atoms with Crippen molar-refractivity contribution in [2.24, 2.45) is 0 Å². The topological polar surface area (TPSA) is 117 Å². The van der Waals surface area contributed by atoms with Crippen LogP contribution in [0.4, 0.5) is 0 Å². The van der Waals surface area contributed by atoms with Gasteiger partial charge < -0.3 is 9.47 Å². The van der Waals surface area contributed by atoms with Gasteiger partial charge in [0.25, 0.3) is 17.4 Å². The van der Waals surface area contributed by atoms with Crippen molar-refractivity contribution >= 4 is 28.7 Å². The van der Waals surface area contributed by atoms with Gasteiger partial charge in [-0.2, -0.15) is 0 Å².